The Kier molecular flexibility index (Phi) is 5.65. The molecule has 6 heteroatoms. The quantitative estimate of drug-likeness (QED) is 0.391. The third-order valence-corrected chi connectivity index (χ3v) is 5.84. The molecule has 3 aromatic carbocycles. The van der Waals surface area contributed by atoms with Gasteiger partial charge in [-0.05, 0) is 46.4 Å². The Morgan fingerprint density at radius 2 is 1.66 bits per heavy atom. The van der Waals surface area contributed by atoms with Crippen molar-refractivity contribution in [2.45, 2.75) is 26.2 Å². The van der Waals surface area contributed by atoms with Crippen LogP contribution in [0.1, 0.15) is 37.7 Å². The van der Waals surface area contributed by atoms with Gasteiger partial charge in [0.1, 0.15) is 5.82 Å². The number of hydrogen-bond acceptors (Lipinski definition) is 3. The lowest BCUT2D eigenvalue weighted by Crippen LogP contribution is -2.10. The van der Waals surface area contributed by atoms with Crippen LogP contribution in [0.2, 0.25) is 0 Å². The molecule has 0 aliphatic carbocycles. The summed E-state index contributed by atoms with van der Waals surface area (Å²) in [5.41, 5.74) is 6.53. The van der Waals surface area contributed by atoms with Gasteiger partial charge in [0.05, 0.1) is 23.0 Å². The number of fused-ring (bicyclic) bond motifs is 1. The lowest BCUT2D eigenvalue weighted by atomic mass is 9.87. The van der Waals surface area contributed by atoms with Crippen LogP contribution in [0.25, 0.3) is 34.3 Å². The highest BCUT2D eigenvalue weighted by Crippen LogP contribution is 2.30. The van der Waals surface area contributed by atoms with Crippen LogP contribution in [0, 0.1) is 0 Å². The molecule has 5 nitrogen and oxygen atoms in total. The number of aromatic nitrogens is 2. The number of nitrogens with one attached hydrogen (secondary N) is 2. The Bertz CT molecular complexity index is 1390. The van der Waals surface area contributed by atoms with E-state index in [9.17, 15) is 8.42 Å². The fourth-order valence-electron chi connectivity index (χ4n) is 3.56. The monoisotopic (exact) mass is 445 g/mol. The van der Waals surface area contributed by atoms with Gasteiger partial charge in [0, 0.05) is 5.56 Å². The maximum atomic E-state index is 11.7. The highest BCUT2D eigenvalue weighted by molar-refractivity contribution is 7.92. The molecule has 4 aromatic rings. The van der Waals surface area contributed by atoms with Crippen molar-refractivity contribution in [3.8, 4) is 11.1 Å². The second-order valence-corrected chi connectivity index (χ2v) is 10.7. The van der Waals surface area contributed by atoms with Gasteiger partial charge < -0.3 is 4.98 Å². The van der Waals surface area contributed by atoms with Crippen molar-refractivity contribution in [2.75, 3.05) is 11.0 Å². The van der Waals surface area contributed by atoms with Gasteiger partial charge in [-0.2, -0.15) is 0 Å². The lowest BCUT2D eigenvalue weighted by Gasteiger charge is -2.18. The zero-order chi connectivity index (χ0) is 22.9. The molecule has 0 unspecified atom stereocenters. The molecule has 0 amide bonds. The van der Waals surface area contributed by atoms with E-state index < -0.39 is 10.0 Å². The number of sulfonamides is 1. The number of imidazole rings is 1. The van der Waals surface area contributed by atoms with E-state index in [0.29, 0.717) is 5.69 Å². The topological polar surface area (TPSA) is 74.8 Å². The van der Waals surface area contributed by atoms with E-state index in [4.69, 9.17) is 4.98 Å². The molecule has 2 N–H and O–H groups in total. The third kappa shape index (κ3) is 5.08. The second-order valence-electron chi connectivity index (χ2n) is 8.98. The maximum Gasteiger partial charge on any atom is 0.229 e. The zero-order valence-corrected chi connectivity index (χ0v) is 19.5. The SMILES string of the molecule is CC(C)(C)c1ccc(/C=C/c2nc3cc(-c4ccccc4NS(C)(=O)=O)ccc3[nH]2)cc1. The average molecular weight is 446 g/mol. The van der Waals surface area contributed by atoms with Crippen molar-refractivity contribution < 1.29 is 8.42 Å². The summed E-state index contributed by atoms with van der Waals surface area (Å²) in [6.45, 7) is 6.61. The summed E-state index contributed by atoms with van der Waals surface area (Å²) in [6, 6.07) is 21.8. The molecular weight excluding hydrogens is 418 g/mol. The lowest BCUT2D eigenvalue weighted by molar-refractivity contribution is 0.590. The molecule has 0 atom stereocenters. The predicted molar refractivity (Wildman–Crippen MR) is 134 cm³/mol. The van der Waals surface area contributed by atoms with E-state index in [1.807, 2.05) is 42.5 Å². The number of hydrogen-bond donors (Lipinski definition) is 2. The zero-order valence-electron chi connectivity index (χ0n) is 18.7. The van der Waals surface area contributed by atoms with E-state index in [1.165, 1.54) is 5.56 Å². The number of H-pyrrole nitrogens is 1. The molecule has 0 aliphatic rings. The molecule has 1 aromatic heterocycles. The fourth-order valence-corrected chi connectivity index (χ4v) is 4.14. The van der Waals surface area contributed by atoms with Crippen molar-refractivity contribution in [3.63, 3.8) is 0 Å². The normalized spacial score (nSPS) is 12.5. The minimum absolute atomic E-state index is 0.133. The van der Waals surface area contributed by atoms with Gasteiger partial charge in [-0.25, -0.2) is 13.4 Å². The molecule has 0 saturated heterocycles. The van der Waals surface area contributed by atoms with Gasteiger partial charge in [0.2, 0.25) is 10.0 Å². The van der Waals surface area contributed by atoms with Crippen molar-refractivity contribution in [1.29, 1.82) is 0 Å². The molecule has 1 heterocycles. The van der Waals surface area contributed by atoms with Crippen LogP contribution in [-0.4, -0.2) is 24.6 Å². The minimum atomic E-state index is -3.37. The van der Waals surface area contributed by atoms with Gasteiger partial charge in [0.15, 0.2) is 0 Å². The van der Waals surface area contributed by atoms with Crippen LogP contribution in [-0.2, 0) is 15.4 Å². The molecule has 164 valence electrons. The molecule has 4 rings (SSSR count). The molecule has 32 heavy (non-hydrogen) atoms. The fraction of sp³-hybridized carbons (Fsp3) is 0.192. The van der Waals surface area contributed by atoms with E-state index in [-0.39, 0.29) is 5.41 Å². The Morgan fingerprint density at radius 3 is 2.34 bits per heavy atom. The highest BCUT2D eigenvalue weighted by atomic mass is 32.2. The van der Waals surface area contributed by atoms with E-state index in [1.54, 1.807) is 12.1 Å². The molecule has 0 radical (unpaired) electrons. The van der Waals surface area contributed by atoms with Crippen molar-refractivity contribution in [3.05, 3.63) is 83.7 Å². The van der Waals surface area contributed by atoms with Gasteiger partial charge in [-0.3, -0.25) is 4.72 Å². The number of anilines is 1. The summed E-state index contributed by atoms with van der Waals surface area (Å²) in [6.07, 6.45) is 5.15. The van der Waals surface area contributed by atoms with Crippen molar-refractivity contribution in [2.24, 2.45) is 0 Å². The third-order valence-electron chi connectivity index (χ3n) is 5.25. The first-order valence-corrected chi connectivity index (χ1v) is 12.3. The number of rotatable bonds is 5. The summed E-state index contributed by atoms with van der Waals surface area (Å²) in [7, 11) is -3.37. The molecule has 0 fully saturated rings. The van der Waals surface area contributed by atoms with Gasteiger partial charge in [0.25, 0.3) is 0 Å². The maximum absolute atomic E-state index is 11.7. The van der Waals surface area contributed by atoms with Gasteiger partial charge >= 0.3 is 0 Å². The van der Waals surface area contributed by atoms with Gasteiger partial charge in [-0.15, -0.1) is 0 Å². The molecule has 0 saturated carbocycles. The van der Waals surface area contributed by atoms with E-state index >= 15 is 0 Å². The standard InChI is InChI=1S/C26H27N3O2S/c1-26(2,3)20-13-9-18(10-14-20)11-16-25-27-23-15-12-19(17-24(23)28-25)21-7-5-6-8-22(21)29-32(4,30)31/h5-17,29H,1-4H3,(H,27,28)/b16-11+. The number of benzene rings is 3. The molecule has 0 spiro atoms. The van der Waals surface area contributed by atoms with E-state index in [0.717, 1.165) is 39.8 Å². The largest absolute Gasteiger partial charge is 0.338 e. The van der Waals surface area contributed by atoms with Crippen LogP contribution >= 0.6 is 0 Å². The Balaban J connectivity index is 1.61. The molecule has 0 bridgehead atoms. The Hall–Kier alpha value is -3.38. The van der Waals surface area contributed by atoms with Crippen molar-refractivity contribution >= 4 is 38.9 Å². The summed E-state index contributed by atoms with van der Waals surface area (Å²) in [5, 5.41) is 0. The van der Waals surface area contributed by atoms with Gasteiger partial charge in [-0.1, -0.05) is 75.4 Å². The molecule has 0 aliphatic heterocycles. The summed E-state index contributed by atoms with van der Waals surface area (Å²) < 4.78 is 26.0. The highest BCUT2D eigenvalue weighted by Gasteiger charge is 2.13. The van der Waals surface area contributed by atoms with E-state index in [2.05, 4.69) is 54.7 Å². The summed E-state index contributed by atoms with van der Waals surface area (Å²) in [5.74, 6) is 0.764. The van der Waals surface area contributed by atoms with Crippen LogP contribution in [0.15, 0.2) is 66.7 Å². The predicted octanol–water partition coefficient (Wildman–Crippen LogP) is 6.07. The van der Waals surface area contributed by atoms with Crippen LogP contribution in [0.5, 0.6) is 0 Å². The van der Waals surface area contributed by atoms with Crippen LogP contribution in [0.4, 0.5) is 5.69 Å². The number of aromatic amines is 1. The average Bonchev–Trinajstić information content (AvgIpc) is 3.13. The van der Waals surface area contributed by atoms with Crippen molar-refractivity contribution in [1.82, 2.24) is 9.97 Å². The van der Waals surface area contributed by atoms with Crippen LogP contribution in [0.3, 0.4) is 0 Å². The number of para-hydroxylation sites is 1. The van der Waals surface area contributed by atoms with Crippen LogP contribution < -0.4 is 4.72 Å². The Morgan fingerprint density at radius 1 is 0.938 bits per heavy atom. The smallest absolute Gasteiger partial charge is 0.229 e. The first-order chi connectivity index (χ1) is 15.1. The molecular formula is C26H27N3O2S. The first kappa shape index (κ1) is 21.8. The minimum Gasteiger partial charge on any atom is -0.338 e. The second kappa shape index (κ2) is 8.28. The first-order valence-electron chi connectivity index (χ1n) is 10.4. The Labute approximate surface area is 189 Å². The summed E-state index contributed by atoms with van der Waals surface area (Å²) >= 11 is 0. The summed E-state index contributed by atoms with van der Waals surface area (Å²) in [4.78, 5) is 8.02. The number of nitrogens with zero attached hydrogens (tertiary/aromatic N) is 1.